The Bertz CT molecular complexity index is 1710. The van der Waals surface area contributed by atoms with E-state index in [1.54, 1.807) is 0 Å². The molecule has 0 unspecified atom stereocenters. The van der Waals surface area contributed by atoms with Gasteiger partial charge in [0.2, 0.25) is 6.28 Å². The van der Waals surface area contributed by atoms with Crippen molar-refractivity contribution in [1.29, 1.82) is 0 Å². The molecule has 0 bridgehead atoms. The second-order valence-corrected chi connectivity index (χ2v) is 10.3. The lowest BCUT2D eigenvalue weighted by Crippen LogP contribution is -2.89. The molecule has 3 heterocycles. The molecule has 2 aliphatic rings. The average molecular weight is 499 g/mol. The molecule has 0 saturated heterocycles. The van der Waals surface area contributed by atoms with E-state index < -0.39 is 6.28 Å². The molecule has 0 amide bonds. The predicted octanol–water partition coefficient (Wildman–Crippen LogP) is 6.06. The Labute approximate surface area is 228 Å². The molecule has 8 rings (SSSR count). The molecule has 0 atom stereocenters. The largest absolute Gasteiger partial charge is 0.410 e. The molecular formula is C35H26BN3. The minimum absolute atomic E-state index is 1.15. The molecule has 39 heavy (non-hydrogen) atoms. The first-order valence-corrected chi connectivity index (χ1v) is 13.5. The van der Waals surface area contributed by atoms with Crippen molar-refractivity contribution in [3.63, 3.8) is 0 Å². The Morgan fingerprint density at radius 3 is 1.28 bits per heavy atom. The monoisotopic (exact) mass is 499 g/mol. The van der Waals surface area contributed by atoms with Crippen LogP contribution in [0.2, 0.25) is 0 Å². The lowest BCUT2D eigenvalue weighted by Gasteiger charge is -2.54. The predicted molar refractivity (Wildman–Crippen MR) is 162 cm³/mol. The molecule has 4 heteroatoms. The van der Waals surface area contributed by atoms with E-state index in [4.69, 9.17) is 0 Å². The van der Waals surface area contributed by atoms with Crippen molar-refractivity contribution in [3.05, 3.63) is 158 Å². The molecule has 3 nitrogen and oxygen atoms in total. The number of aromatic nitrogens is 1. The third-order valence-electron chi connectivity index (χ3n) is 8.40. The van der Waals surface area contributed by atoms with Crippen molar-refractivity contribution < 1.29 is 4.48 Å². The highest BCUT2D eigenvalue weighted by Crippen LogP contribution is 2.42. The Morgan fingerprint density at radius 2 is 0.795 bits per heavy atom. The Balaban J connectivity index is 1.58. The van der Waals surface area contributed by atoms with Gasteiger partial charge in [-0.15, -0.1) is 10.9 Å². The third kappa shape index (κ3) is 2.97. The number of pyridine rings is 1. The first kappa shape index (κ1) is 21.9. The van der Waals surface area contributed by atoms with Gasteiger partial charge in [0.05, 0.1) is 11.4 Å². The van der Waals surface area contributed by atoms with Gasteiger partial charge in [-0.2, -0.15) is 5.46 Å². The molecule has 5 aromatic carbocycles. The lowest BCUT2D eigenvalue weighted by atomic mass is 9.22. The molecule has 0 radical (unpaired) electrons. The Morgan fingerprint density at radius 1 is 0.385 bits per heavy atom. The van der Waals surface area contributed by atoms with Crippen LogP contribution >= 0.6 is 0 Å². The average Bonchev–Trinajstić information content (AvgIpc) is 3.02. The normalized spacial score (nSPS) is 14.3. The van der Waals surface area contributed by atoms with Crippen LogP contribution in [0.5, 0.6) is 0 Å². The molecule has 1 aromatic heterocycles. The van der Waals surface area contributed by atoms with Crippen LogP contribution < -0.4 is 30.7 Å². The van der Waals surface area contributed by atoms with Gasteiger partial charge >= 0.3 is 0 Å². The van der Waals surface area contributed by atoms with Gasteiger partial charge in [-0.3, -0.25) is 0 Å². The van der Waals surface area contributed by atoms with Gasteiger partial charge in [0.15, 0.2) is 11.6 Å². The maximum Gasteiger partial charge on any atom is 0.250 e. The smallest absolute Gasteiger partial charge is 0.250 e. The number of para-hydroxylation sites is 4. The van der Waals surface area contributed by atoms with Crippen LogP contribution in [0.3, 0.4) is 0 Å². The fourth-order valence-electron chi connectivity index (χ4n) is 6.98. The van der Waals surface area contributed by atoms with Crippen LogP contribution in [0.4, 0.5) is 34.4 Å². The number of benzene rings is 5. The van der Waals surface area contributed by atoms with Crippen molar-refractivity contribution >= 4 is 57.1 Å². The molecule has 0 spiro atoms. The number of hydrogen-bond acceptors (Lipinski definition) is 2. The van der Waals surface area contributed by atoms with Gasteiger partial charge in [-0.25, -0.2) is 9.80 Å². The van der Waals surface area contributed by atoms with Gasteiger partial charge in [-0.1, -0.05) is 103 Å². The molecule has 2 aliphatic heterocycles. The first-order valence-electron chi connectivity index (χ1n) is 13.5. The number of nitrogens with zero attached hydrogens (tertiary/aromatic N) is 3. The van der Waals surface area contributed by atoms with E-state index in [0.717, 1.165) is 23.0 Å². The standard InChI is InChI=1S/C35H26BN3/c1-4-15-27(16-5-1)36-30-21-10-12-23-32(30)37(28-17-6-2-7-18-28)34-25-14-26-35(39(34)36)38(29-19-8-3-9-20-29)33-24-13-11-22-31(33)36/h1-26H. The summed E-state index contributed by atoms with van der Waals surface area (Å²) < 4.78 is 2.61. The van der Waals surface area contributed by atoms with E-state index in [9.17, 15) is 0 Å². The summed E-state index contributed by atoms with van der Waals surface area (Å²) >= 11 is 0. The van der Waals surface area contributed by atoms with E-state index in [0.29, 0.717) is 0 Å². The zero-order chi connectivity index (χ0) is 25.8. The van der Waals surface area contributed by atoms with Gasteiger partial charge in [0.25, 0.3) is 0 Å². The summed E-state index contributed by atoms with van der Waals surface area (Å²) in [6.07, 6.45) is -1.55. The SMILES string of the molecule is c1ccc(N2c3ccccc3[B-]3(c4ccccc4)c4ccccc4N(c4ccccc4)c4cccc2[n+]43)cc1. The maximum atomic E-state index is 2.61. The fraction of sp³-hybridized carbons (Fsp3) is 0. The van der Waals surface area contributed by atoms with E-state index in [1.165, 1.54) is 27.8 Å². The van der Waals surface area contributed by atoms with Crippen LogP contribution in [0, 0.1) is 0 Å². The summed E-state index contributed by atoms with van der Waals surface area (Å²) in [5.41, 5.74) is 8.66. The number of hydrogen-bond donors (Lipinski definition) is 0. The second kappa shape index (κ2) is 8.47. The van der Waals surface area contributed by atoms with Crippen molar-refractivity contribution in [2.75, 3.05) is 9.80 Å². The number of rotatable bonds is 3. The van der Waals surface area contributed by atoms with Crippen molar-refractivity contribution in [2.45, 2.75) is 0 Å². The van der Waals surface area contributed by atoms with Gasteiger partial charge < -0.3 is 4.48 Å². The number of fused-ring (bicyclic) bond motifs is 4. The molecule has 0 aliphatic carbocycles. The van der Waals surface area contributed by atoms with Crippen LogP contribution in [-0.2, 0) is 0 Å². The molecule has 6 aromatic rings. The number of anilines is 6. The Kier molecular flexibility index (Phi) is 4.77. The van der Waals surface area contributed by atoms with Gasteiger partial charge in [0, 0.05) is 12.1 Å². The van der Waals surface area contributed by atoms with Crippen LogP contribution in [0.1, 0.15) is 0 Å². The van der Waals surface area contributed by atoms with Crippen molar-refractivity contribution in [3.8, 4) is 0 Å². The van der Waals surface area contributed by atoms with E-state index in [2.05, 4.69) is 172 Å². The molecule has 0 saturated carbocycles. The van der Waals surface area contributed by atoms with E-state index >= 15 is 0 Å². The molecular weight excluding hydrogens is 473 g/mol. The molecule has 0 fully saturated rings. The zero-order valence-corrected chi connectivity index (χ0v) is 21.4. The van der Waals surface area contributed by atoms with Gasteiger partial charge in [-0.05, 0) is 42.5 Å². The summed E-state index contributed by atoms with van der Waals surface area (Å²) in [6, 6.07) is 57.2. The van der Waals surface area contributed by atoms with Crippen LogP contribution in [-0.4, -0.2) is 6.28 Å². The second-order valence-electron chi connectivity index (χ2n) is 10.3. The van der Waals surface area contributed by atoms with Crippen molar-refractivity contribution in [1.82, 2.24) is 0 Å². The van der Waals surface area contributed by atoms with Crippen molar-refractivity contribution in [2.24, 2.45) is 0 Å². The van der Waals surface area contributed by atoms with E-state index in [1.807, 2.05) is 0 Å². The van der Waals surface area contributed by atoms with Gasteiger partial charge in [0.1, 0.15) is 11.4 Å². The van der Waals surface area contributed by atoms with Crippen LogP contribution in [0.15, 0.2) is 158 Å². The first-order chi connectivity index (χ1) is 19.4. The van der Waals surface area contributed by atoms with Crippen LogP contribution in [0.25, 0.3) is 0 Å². The lowest BCUT2D eigenvalue weighted by molar-refractivity contribution is -0.512. The summed E-state index contributed by atoms with van der Waals surface area (Å²) in [4.78, 5) is 4.83. The summed E-state index contributed by atoms with van der Waals surface area (Å²) in [5.74, 6) is 2.30. The minimum atomic E-state index is -1.55. The zero-order valence-electron chi connectivity index (χ0n) is 21.4. The highest BCUT2D eigenvalue weighted by Gasteiger charge is 2.51. The minimum Gasteiger partial charge on any atom is -0.410 e. The topological polar surface area (TPSA) is 10.4 Å². The Hall–Kier alpha value is -5.09. The fourth-order valence-corrected chi connectivity index (χ4v) is 6.98. The highest BCUT2D eigenvalue weighted by molar-refractivity contribution is 7.07. The highest BCUT2D eigenvalue weighted by atomic mass is 15.3. The maximum absolute atomic E-state index is 2.61. The quantitative estimate of drug-likeness (QED) is 0.274. The summed E-state index contributed by atoms with van der Waals surface area (Å²) in [6.45, 7) is 0. The van der Waals surface area contributed by atoms with E-state index in [-0.39, 0.29) is 0 Å². The summed E-state index contributed by atoms with van der Waals surface area (Å²) in [7, 11) is 0. The molecule has 184 valence electrons. The summed E-state index contributed by atoms with van der Waals surface area (Å²) in [5, 5.41) is 0. The molecule has 0 N–H and O–H groups in total. The third-order valence-corrected chi connectivity index (χ3v) is 8.40.